The van der Waals surface area contributed by atoms with Crippen LogP contribution in [0.4, 0.5) is 23.2 Å². The van der Waals surface area contributed by atoms with E-state index in [1.165, 1.54) is 30.1 Å². The van der Waals surface area contributed by atoms with Gasteiger partial charge in [-0.3, -0.25) is 9.59 Å². The second kappa shape index (κ2) is 7.49. The van der Waals surface area contributed by atoms with Gasteiger partial charge in [0.25, 0.3) is 0 Å². The van der Waals surface area contributed by atoms with Crippen LogP contribution in [0, 0.1) is 5.82 Å². The first-order valence-corrected chi connectivity index (χ1v) is 8.36. The number of ether oxygens (including phenoxy) is 1. The average Bonchev–Trinajstić information content (AvgIpc) is 2.95. The first-order chi connectivity index (χ1) is 13.1. The van der Waals surface area contributed by atoms with E-state index >= 15 is 0 Å². The zero-order chi connectivity index (χ0) is 20.5. The van der Waals surface area contributed by atoms with Gasteiger partial charge in [-0.1, -0.05) is 0 Å². The van der Waals surface area contributed by atoms with Crippen LogP contribution in [0.3, 0.4) is 0 Å². The molecule has 1 saturated heterocycles. The molecule has 1 aliphatic heterocycles. The number of halogens is 4. The van der Waals surface area contributed by atoms with E-state index in [0.717, 1.165) is 24.3 Å². The Morgan fingerprint density at radius 1 is 1.14 bits per heavy atom. The molecule has 5 nitrogen and oxygen atoms in total. The Bertz CT molecular complexity index is 897. The third-order valence-corrected chi connectivity index (χ3v) is 4.35. The molecular weight excluding hydrogens is 380 g/mol. The second-order valence-corrected chi connectivity index (χ2v) is 6.35. The predicted molar refractivity (Wildman–Crippen MR) is 92.3 cm³/mol. The topological polar surface area (TPSA) is 58.6 Å². The van der Waals surface area contributed by atoms with Crippen molar-refractivity contribution in [2.45, 2.75) is 25.1 Å². The predicted octanol–water partition coefficient (Wildman–Crippen LogP) is 4.20. The van der Waals surface area contributed by atoms with Gasteiger partial charge >= 0.3 is 6.18 Å². The number of carbonyl (C=O) groups excluding carboxylic acids is 2. The maximum absolute atomic E-state index is 13.2. The Morgan fingerprint density at radius 2 is 1.82 bits per heavy atom. The summed E-state index contributed by atoms with van der Waals surface area (Å²) in [7, 11) is 1.47. The fourth-order valence-electron chi connectivity index (χ4n) is 2.87. The molecule has 1 fully saturated rings. The Kier molecular flexibility index (Phi) is 5.26. The van der Waals surface area contributed by atoms with Crippen LogP contribution in [0.2, 0.25) is 0 Å². The third kappa shape index (κ3) is 4.41. The maximum Gasteiger partial charge on any atom is 0.416 e. The molecule has 2 aromatic rings. The summed E-state index contributed by atoms with van der Waals surface area (Å²) in [5.74, 6) is -1.34. The molecule has 0 spiro atoms. The Hall–Kier alpha value is -3.10. The molecule has 0 aliphatic carbocycles. The summed E-state index contributed by atoms with van der Waals surface area (Å²) in [5.41, 5.74) is -1.14. The molecule has 1 aliphatic rings. The highest BCUT2D eigenvalue weighted by Gasteiger charge is 2.34. The molecule has 3 rings (SSSR count). The minimum Gasteiger partial charge on any atom is -0.457 e. The highest BCUT2D eigenvalue weighted by molar-refractivity contribution is 5.99. The Labute approximate surface area is 157 Å². The number of likely N-dealkylation sites (N-methyl/N-ethyl adjacent to an activating group) is 1. The number of rotatable bonds is 4. The molecule has 0 bridgehead atoms. The first-order valence-electron chi connectivity index (χ1n) is 8.36. The number of hydrogen-bond acceptors (Lipinski definition) is 3. The van der Waals surface area contributed by atoms with E-state index in [9.17, 15) is 27.2 Å². The molecule has 28 heavy (non-hydrogen) atoms. The van der Waals surface area contributed by atoms with Crippen LogP contribution in [-0.2, 0) is 15.8 Å². The molecule has 1 heterocycles. The van der Waals surface area contributed by atoms with E-state index in [1.54, 1.807) is 0 Å². The van der Waals surface area contributed by atoms with Crippen molar-refractivity contribution in [2.24, 2.45) is 0 Å². The van der Waals surface area contributed by atoms with Gasteiger partial charge in [0.2, 0.25) is 11.8 Å². The summed E-state index contributed by atoms with van der Waals surface area (Å²) in [6.45, 7) is 0. The van der Waals surface area contributed by atoms with Crippen molar-refractivity contribution < 1.29 is 31.9 Å². The average molecular weight is 396 g/mol. The molecule has 1 N–H and O–H groups in total. The highest BCUT2D eigenvalue weighted by atomic mass is 19.4. The lowest BCUT2D eigenvalue weighted by molar-refractivity contribution is -0.137. The van der Waals surface area contributed by atoms with Crippen molar-refractivity contribution >= 4 is 17.5 Å². The van der Waals surface area contributed by atoms with Gasteiger partial charge in [0.15, 0.2) is 0 Å². The van der Waals surface area contributed by atoms with E-state index in [0.29, 0.717) is 6.42 Å². The summed E-state index contributed by atoms with van der Waals surface area (Å²) in [5, 5.41) is 2.41. The third-order valence-electron chi connectivity index (χ3n) is 4.35. The van der Waals surface area contributed by atoms with Gasteiger partial charge in [-0.05, 0) is 42.8 Å². The highest BCUT2D eigenvalue weighted by Crippen LogP contribution is 2.36. The number of carbonyl (C=O) groups is 2. The number of alkyl halides is 3. The van der Waals surface area contributed by atoms with Crippen molar-refractivity contribution in [3.63, 3.8) is 0 Å². The number of nitrogens with zero attached hydrogens (tertiary/aromatic N) is 1. The summed E-state index contributed by atoms with van der Waals surface area (Å²) in [4.78, 5) is 25.2. The fourth-order valence-corrected chi connectivity index (χ4v) is 2.87. The summed E-state index contributed by atoms with van der Waals surface area (Å²) < 4.78 is 58.0. The molecule has 1 atom stereocenters. The summed E-state index contributed by atoms with van der Waals surface area (Å²) in [6, 6.07) is 6.81. The van der Waals surface area contributed by atoms with Crippen LogP contribution < -0.4 is 10.1 Å². The largest absolute Gasteiger partial charge is 0.457 e. The van der Waals surface area contributed by atoms with Crippen LogP contribution in [0.15, 0.2) is 42.5 Å². The lowest BCUT2D eigenvalue weighted by atomic mass is 10.1. The van der Waals surface area contributed by atoms with Gasteiger partial charge in [0, 0.05) is 25.2 Å². The molecule has 0 aromatic heterocycles. The number of anilines is 1. The van der Waals surface area contributed by atoms with Crippen molar-refractivity contribution in [1.82, 2.24) is 4.90 Å². The number of amides is 2. The van der Waals surface area contributed by atoms with Gasteiger partial charge in [-0.15, -0.1) is 0 Å². The summed E-state index contributed by atoms with van der Waals surface area (Å²) >= 11 is 0. The minimum atomic E-state index is -4.66. The molecule has 0 radical (unpaired) electrons. The molecule has 1 unspecified atom stereocenters. The lowest BCUT2D eigenvalue weighted by Crippen LogP contribution is -2.38. The Morgan fingerprint density at radius 3 is 2.39 bits per heavy atom. The SMILES string of the molecule is CN1C(=O)CCC1C(=O)Nc1cc(Oc2ccc(F)cc2)cc(C(F)(F)F)c1. The number of hydrogen-bond donors (Lipinski definition) is 1. The van der Waals surface area contributed by atoms with Crippen LogP contribution in [0.25, 0.3) is 0 Å². The number of nitrogens with one attached hydrogen (secondary N) is 1. The van der Waals surface area contributed by atoms with E-state index in [1.807, 2.05) is 0 Å². The standard InChI is InChI=1S/C19H16F4N2O3/c1-25-16(6-7-17(25)26)18(27)24-13-8-11(19(21,22)23)9-15(10-13)28-14-4-2-12(20)3-5-14/h2-5,8-10,16H,6-7H2,1H3,(H,24,27). The molecule has 2 amide bonds. The summed E-state index contributed by atoms with van der Waals surface area (Å²) in [6.07, 6.45) is -4.17. The van der Waals surface area contributed by atoms with E-state index < -0.39 is 29.5 Å². The van der Waals surface area contributed by atoms with Crippen molar-refractivity contribution in [3.8, 4) is 11.5 Å². The van der Waals surface area contributed by atoms with Gasteiger partial charge in [0.1, 0.15) is 23.4 Å². The van der Waals surface area contributed by atoms with Gasteiger partial charge < -0.3 is 15.0 Å². The Balaban J connectivity index is 1.86. The van der Waals surface area contributed by atoms with E-state index in [4.69, 9.17) is 4.74 Å². The molecular formula is C19H16F4N2O3. The van der Waals surface area contributed by atoms with E-state index in [-0.39, 0.29) is 29.5 Å². The minimum absolute atomic E-state index is 0.121. The molecule has 0 saturated carbocycles. The normalized spacial score (nSPS) is 17.0. The van der Waals surface area contributed by atoms with Crippen molar-refractivity contribution in [1.29, 1.82) is 0 Å². The van der Waals surface area contributed by atoms with Gasteiger partial charge in [0.05, 0.1) is 5.56 Å². The van der Waals surface area contributed by atoms with Crippen LogP contribution >= 0.6 is 0 Å². The number of likely N-dealkylation sites (tertiary alicyclic amines) is 1. The van der Waals surface area contributed by atoms with E-state index in [2.05, 4.69) is 5.32 Å². The second-order valence-electron chi connectivity index (χ2n) is 6.35. The van der Waals surface area contributed by atoms with Gasteiger partial charge in [-0.2, -0.15) is 13.2 Å². The number of benzene rings is 2. The smallest absolute Gasteiger partial charge is 0.416 e. The van der Waals surface area contributed by atoms with Crippen LogP contribution in [-0.4, -0.2) is 29.8 Å². The monoisotopic (exact) mass is 396 g/mol. The zero-order valence-corrected chi connectivity index (χ0v) is 14.7. The lowest BCUT2D eigenvalue weighted by Gasteiger charge is -2.20. The zero-order valence-electron chi connectivity index (χ0n) is 14.7. The molecule has 9 heteroatoms. The van der Waals surface area contributed by atoms with Gasteiger partial charge in [-0.25, -0.2) is 4.39 Å². The van der Waals surface area contributed by atoms with Crippen LogP contribution in [0.1, 0.15) is 18.4 Å². The maximum atomic E-state index is 13.2. The molecule has 148 valence electrons. The quantitative estimate of drug-likeness (QED) is 0.789. The van der Waals surface area contributed by atoms with Crippen molar-refractivity contribution in [2.75, 3.05) is 12.4 Å². The van der Waals surface area contributed by atoms with Crippen LogP contribution in [0.5, 0.6) is 11.5 Å². The van der Waals surface area contributed by atoms with Crippen molar-refractivity contribution in [3.05, 3.63) is 53.8 Å². The first kappa shape index (κ1) is 19.7. The molecule has 2 aromatic carbocycles. The fraction of sp³-hybridized carbons (Fsp3) is 0.263.